The van der Waals surface area contributed by atoms with Crippen LogP contribution in [-0.2, 0) is 12.8 Å². The molecule has 2 heterocycles. The molecular weight excluding hydrogens is 252 g/mol. The average Bonchev–Trinajstić information content (AvgIpc) is 3.00. The Bertz CT molecular complexity index is 508. The maximum atomic E-state index is 5.28. The number of pyridine rings is 1. The standard InChI is InChI=1S/C15H20N4O/c1-16-15(19-11-8-14-6-4-12-20-14)18-10-7-13-5-2-3-9-17-13/h2-6,9,12H,7-8,10-11H2,1H3,(H2,16,18,19). The molecule has 0 aliphatic rings. The number of nitrogens with one attached hydrogen (secondary N) is 2. The molecule has 2 rings (SSSR count). The molecule has 0 aromatic carbocycles. The summed E-state index contributed by atoms with van der Waals surface area (Å²) in [7, 11) is 1.77. The molecule has 0 aliphatic heterocycles. The molecule has 2 aromatic heterocycles. The van der Waals surface area contributed by atoms with E-state index in [4.69, 9.17) is 4.42 Å². The number of furan rings is 1. The van der Waals surface area contributed by atoms with Crippen LogP contribution >= 0.6 is 0 Å². The lowest BCUT2D eigenvalue weighted by molar-refractivity contribution is 0.507. The van der Waals surface area contributed by atoms with Crippen molar-refractivity contribution < 1.29 is 4.42 Å². The van der Waals surface area contributed by atoms with Crippen molar-refractivity contribution in [2.75, 3.05) is 20.1 Å². The molecule has 0 spiro atoms. The fourth-order valence-electron chi connectivity index (χ4n) is 1.83. The van der Waals surface area contributed by atoms with Gasteiger partial charge in [0.25, 0.3) is 0 Å². The highest BCUT2D eigenvalue weighted by molar-refractivity contribution is 5.79. The van der Waals surface area contributed by atoms with Crippen LogP contribution in [0.4, 0.5) is 0 Å². The van der Waals surface area contributed by atoms with Gasteiger partial charge in [0.15, 0.2) is 5.96 Å². The summed E-state index contributed by atoms with van der Waals surface area (Å²) in [5.41, 5.74) is 1.08. The van der Waals surface area contributed by atoms with E-state index >= 15 is 0 Å². The molecule has 2 aromatic rings. The van der Waals surface area contributed by atoms with Crippen LogP contribution in [0.25, 0.3) is 0 Å². The van der Waals surface area contributed by atoms with Crippen LogP contribution in [0.2, 0.25) is 0 Å². The van der Waals surface area contributed by atoms with Crippen LogP contribution < -0.4 is 10.6 Å². The van der Waals surface area contributed by atoms with Gasteiger partial charge in [0.05, 0.1) is 6.26 Å². The molecule has 0 saturated carbocycles. The van der Waals surface area contributed by atoms with E-state index in [2.05, 4.69) is 20.6 Å². The molecule has 0 unspecified atom stereocenters. The molecule has 2 N–H and O–H groups in total. The largest absolute Gasteiger partial charge is 0.469 e. The molecule has 5 heteroatoms. The van der Waals surface area contributed by atoms with E-state index in [1.54, 1.807) is 13.3 Å². The van der Waals surface area contributed by atoms with E-state index in [0.29, 0.717) is 0 Å². The number of hydrogen-bond acceptors (Lipinski definition) is 3. The Morgan fingerprint density at radius 1 is 1.15 bits per heavy atom. The Hall–Kier alpha value is -2.30. The van der Waals surface area contributed by atoms with Crippen LogP contribution in [-0.4, -0.2) is 31.1 Å². The van der Waals surface area contributed by atoms with Crippen molar-refractivity contribution in [3.63, 3.8) is 0 Å². The van der Waals surface area contributed by atoms with Crippen LogP contribution in [0.3, 0.4) is 0 Å². The second-order valence-electron chi connectivity index (χ2n) is 4.33. The summed E-state index contributed by atoms with van der Waals surface area (Å²) in [6.45, 7) is 1.59. The summed E-state index contributed by atoms with van der Waals surface area (Å²) in [5.74, 6) is 1.77. The SMILES string of the molecule is CN=C(NCCc1ccccn1)NCCc1ccco1. The normalized spacial score (nSPS) is 11.3. The van der Waals surface area contributed by atoms with Crippen LogP contribution in [0.5, 0.6) is 0 Å². The molecule has 20 heavy (non-hydrogen) atoms. The van der Waals surface area contributed by atoms with Crippen molar-refractivity contribution >= 4 is 5.96 Å². The van der Waals surface area contributed by atoms with Crippen molar-refractivity contribution in [1.29, 1.82) is 0 Å². The summed E-state index contributed by atoms with van der Waals surface area (Å²) in [4.78, 5) is 8.47. The van der Waals surface area contributed by atoms with E-state index in [1.807, 2.05) is 36.5 Å². The van der Waals surface area contributed by atoms with Crippen molar-refractivity contribution in [3.05, 3.63) is 54.2 Å². The van der Waals surface area contributed by atoms with Gasteiger partial charge in [0.2, 0.25) is 0 Å². The molecule has 0 aliphatic carbocycles. The molecular formula is C15H20N4O. The van der Waals surface area contributed by atoms with Gasteiger partial charge >= 0.3 is 0 Å². The summed E-state index contributed by atoms with van der Waals surface area (Å²) in [6.07, 6.45) is 5.22. The Kier molecular flexibility index (Phi) is 5.64. The maximum absolute atomic E-state index is 5.28. The van der Waals surface area contributed by atoms with Gasteiger partial charge in [0, 0.05) is 44.9 Å². The topological polar surface area (TPSA) is 62.5 Å². The van der Waals surface area contributed by atoms with Crippen molar-refractivity contribution in [1.82, 2.24) is 15.6 Å². The minimum atomic E-state index is 0.788. The van der Waals surface area contributed by atoms with Crippen LogP contribution in [0.1, 0.15) is 11.5 Å². The first-order valence-electron chi connectivity index (χ1n) is 6.75. The monoisotopic (exact) mass is 272 g/mol. The molecule has 0 bridgehead atoms. The maximum Gasteiger partial charge on any atom is 0.191 e. The van der Waals surface area contributed by atoms with Crippen molar-refractivity contribution in [2.45, 2.75) is 12.8 Å². The highest BCUT2D eigenvalue weighted by Gasteiger charge is 1.99. The van der Waals surface area contributed by atoms with E-state index in [9.17, 15) is 0 Å². The summed E-state index contributed by atoms with van der Waals surface area (Å²) < 4.78 is 5.28. The molecule has 0 saturated heterocycles. The van der Waals surface area contributed by atoms with Crippen LogP contribution in [0, 0.1) is 0 Å². The highest BCUT2D eigenvalue weighted by atomic mass is 16.3. The van der Waals surface area contributed by atoms with Gasteiger partial charge in [-0.15, -0.1) is 0 Å². The zero-order valence-electron chi connectivity index (χ0n) is 11.7. The van der Waals surface area contributed by atoms with Crippen molar-refractivity contribution in [3.8, 4) is 0 Å². The zero-order valence-corrected chi connectivity index (χ0v) is 11.7. The van der Waals surface area contributed by atoms with E-state index in [0.717, 1.165) is 43.3 Å². The third-order valence-electron chi connectivity index (χ3n) is 2.87. The molecule has 0 atom stereocenters. The Labute approximate surface area is 119 Å². The smallest absolute Gasteiger partial charge is 0.191 e. The van der Waals surface area contributed by atoms with Crippen LogP contribution in [0.15, 0.2) is 52.2 Å². The van der Waals surface area contributed by atoms with Crippen molar-refractivity contribution in [2.24, 2.45) is 4.99 Å². The quantitative estimate of drug-likeness (QED) is 0.619. The number of nitrogens with zero attached hydrogens (tertiary/aromatic N) is 2. The lowest BCUT2D eigenvalue weighted by atomic mass is 10.3. The second-order valence-corrected chi connectivity index (χ2v) is 4.33. The fraction of sp³-hybridized carbons (Fsp3) is 0.333. The molecule has 0 radical (unpaired) electrons. The van der Waals surface area contributed by atoms with Gasteiger partial charge in [-0.25, -0.2) is 0 Å². The highest BCUT2D eigenvalue weighted by Crippen LogP contribution is 1.99. The first-order valence-corrected chi connectivity index (χ1v) is 6.75. The van der Waals surface area contributed by atoms with Gasteiger partial charge in [-0.1, -0.05) is 6.07 Å². The van der Waals surface area contributed by atoms with E-state index < -0.39 is 0 Å². The fourth-order valence-corrected chi connectivity index (χ4v) is 1.83. The van der Waals surface area contributed by atoms with Gasteiger partial charge in [-0.2, -0.15) is 0 Å². The number of rotatable bonds is 6. The molecule has 0 amide bonds. The molecule has 106 valence electrons. The minimum Gasteiger partial charge on any atom is -0.469 e. The third-order valence-corrected chi connectivity index (χ3v) is 2.87. The Morgan fingerprint density at radius 3 is 2.65 bits per heavy atom. The number of guanidine groups is 1. The molecule has 5 nitrogen and oxygen atoms in total. The summed E-state index contributed by atoms with van der Waals surface area (Å²) in [5, 5.41) is 6.52. The third kappa shape index (κ3) is 4.76. The lowest BCUT2D eigenvalue weighted by Crippen LogP contribution is -2.39. The summed E-state index contributed by atoms with van der Waals surface area (Å²) >= 11 is 0. The van der Waals surface area contributed by atoms with Gasteiger partial charge in [-0.05, 0) is 24.3 Å². The number of aromatic nitrogens is 1. The first-order chi connectivity index (χ1) is 9.88. The number of aliphatic imine (C=N–C) groups is 1. The second kappa shape index (κ2) is 7.99. The van der Waals surface area contributed by atoms with Gasteiger partial charge < -0.3 is 15.1 Å². The van der Waals surface area contributed by atoms with E-state index in [-0.39, 0.29) is 0 Å². The van der Waals surface area contributed by atoms with Gasteiger partial charge in [-0.3, -0.25) is 9.98 Å². The van der Waals surface area contributed by atoms with Gasteiger partial charge in [0.1, 0.15) is 5.76 Å². The predicted molar refractivity (Wildman–Crippen MR) is 79.7 cm³/mol. The minimum absolute atomic E-state index is 0.788. The average molecular weight is 272 g/mol. The Balaban J connectivity index is 1.65. The zero-order chi connectivity index (χ0) is 14.0. The lowest BCUT2D eigenvalue weighted by Gasteiger charge is -2.11. The Morgan fingerprint density at radius 2 is 2.00 bits per heavy atom. The van der Waals surface area contributed by atoms with E-state index in [1.165, 1.54) is 0 Å². The first kappa shape index (κ1) is 14.1. The predicted octanol–water partition coefficient (Wildman–Crippen LogP) is 1.62. The number of hydrogen-bond donors (Lipinski definition) is 2. The summed E-state index contributed by atoms with van der Waals surface area (Å²) in [6, 6.07) is 9.81. The molecule has 0 fully saturated rings.